The first kappa shape index (κ1) is 18.5. The Balaban J connectivity index is 1.87. The van der Waals surface area contributed by atoms with Crippen LogP contribution in [0.25, 0.3) is 0 Å². The molecule has 0 radical (unpaired) electrons. The summed E-state index contributed by atoms with van der Waals surface area (Å²) in [6, 6.07) is 28.2. The van der Waals surface area contributed by atoms with Crippen molar-refractivity contribution in [1.82, 2.24) is 0 Å². The lowest BCUT2D eigenvalue weighted by atomic mass is 9.93. The lowest BCUT2D eigenvalue weighted by Crippen LogP contribution is -2.54. The number of carbonyl (C=O) groups is 1. The maximum atomic E-state index is 13.2. The van der Waals surface area contributed by atoms with Crippen LogP contribution < -0.4 is 9.64 Å². The van der Waals surface area contributed by atoms with Crippen molar-refractivity contribution >= 4 is 17.5 Å². The summed E-state index contributed by atoms with van der Waals surface area (Å²) in [6.07, 6.45) is -0.319. The summed E-state index contributed by atoms with van der Waals surface area (Å²) in [7, 11) is 0. The fraction of sp³-hybridized carbons (Fsp3) is 0.125. The lowest BCUT2D eigenvalue weighted by Gasteiger charge is -2.39. The van der Waals surface area contributed by atoms with Crippen molar-refractivity contribution in [2.75, 3.05) is 4.90 Å². The molecule has 3 aromatic carbocycles. The van der Waals surface area contributed by atoms with Gasteiger partial charge in [-0.15, -0.1) is 0 Å². The van der Waals surface area contributed by atoms with Crippen LogP contribution in [-0.2, 0) is 0 Å². The molecule has 5 heteroatoms. The largest absolute Gasteiger partial charge is 0.422 e. The first-order valence-corrected chi connectivity index (χ1v) is 9.41. The Kier molecular flexibility index (Phi) is 4.84. The molecule has 1 aliphatic heterocycles. The van der Waals surface area contributed by atoms with Gasteiger partial charge >= 0.3 is 6.09 Å². The summed E-state index contributed by atoms with van der Waals surface area (Å²) in [5.74, 6) is 0.413. The van der Waals surface area contributed by atoms with Crippen LogP contribution in [0, 0.1) is 11.3 Å². The first-order valence-electron chi connectivity index (χ1n) is 9.41. The van der Waals surface area contributed by atoms with Gasteiger partial charge in [-0.1, -0.05) is 73.7 Å². The molecule has 3 aromatic rings. The standard InChI is InChI=1S/C24H19N3O2/c1-2-24(17-25)26-22(18-11-5-3-6-12-18)20-15-9-10-16-21(20)27(24)23(28)29-19-13-7-4-8-14-19/h3-16H,2H2,1H3. The summed E-state index contributed by atoms with van der Waals surface area (Å²) in [4.78, 5) is 19.3. The topological polar surface area (TPSA) is 65.7 Å². The number of para-hydroxylation sites is 2. The van der Waals surface area contributed by atoms with Crippen LogP contribution in [0.5, 0.6) is 5.75 Å². The van der Waals surface area contributed by atoms with E-state index >= 15 is 0 Å². The molecule has 29 heavy (non-hydrogen) atoms. The second kappa shape index (κ2) is 7.61. The highest BCUT2D eigenvalue weighted by molar-refractivity contribution is 6.19. The minimum atomic E-state index is -1.40. The average molecular weight is 381 g/mol. The minimum Gasteiger partial charge on any atom is -0.410 e. The van der Waals surface area contributed by atoms with E-state index in [9.17, 15) is 10.1 Å². The number of carbonyl (C=O) groups excluding carboxylic acids is 1. The van der Waals surface area contributed by atoms with Crippen molar-refractivity contribution in [3.63, 3.8) is 0 Å². The number of ether oxygens (including phenoxy) is 1. The molecule has 5 nitrogen and oxygen atoms in total. The molecule has 0 saturated heterocycles. The summed E-state index contributed by atoms with van der Waals surface area (Å²) >= 11 is 0. The summed E-state index contributed by atoms with van der Waals surface area (Å²) in [5.41, 5.74) is 1.57. The highest BCUT2D eigenvalue weighted by Gasteiger charge is 2.45. The molecular formula is C24H19N3O2. The van der Waals surface area contributed by atoms with Crippen LogP contribution in [0.15, 0.2) is 89.9 Å². The Morgan fingerprint density at radius 3 is 2.28 bits per heavy atom. The number of rotatable bonds is 3. The van der Waals surface area contributed by atoms with Gasteiger partial charge in [-0.2, -0.15) is 5.26 Å². The van der Waals surface area contributed by atoms with E-state index in [-0.39, 0.29) is 0 Å². The van der Waals surface area contributed by atoms with E-state index in [2.05, 4.69) is 6.07 Å². The van der Waals surface area contributed by atoms with Gasteiger partial charge in [-0.3, -0.25) is 0 Å². The van der Waals surface area contributed by atoms with Crippen molar-refractivity contribution in [3.8, 4) is 11.8 Å². The minimum absolute atomic E-state index is 0.318. The van der Waals surface area contributed by atoms with Gasteiger partial charge in [0.1, 0.15) is 11.8 Å². The first-order chi connectivity index (χ1) is 14.2. The third kappa shape index (κ3) is 3.26. The summed E-state index contributed by atoms with van der Waals surface area (Å²) in [5, 5.41) is 10.1. The zero-order valence-electron chi connectivity index (χ0n) is 15.9. The summed E-state index contributed by atoms with van der Waals surface area (Å²) < 4.78 is 5.58. The Labute approximate surface area is 169 Å². The van der Waals surface area contributed by atoms with E-state index in [1.165, 1.54) is 4.90 Å². The fourth-order valence-electron chi connectivity index (χ4n) is 3.45. The van der Waals surface area contributed by atoms with E-state index < -0.39 is 11.8 Å². The molecule has 0 saturated carbocycles. The van der Waals surface area contributed by atoms with E-state index in [4.69, 9.17) is 9.73 Å². The van der Waals surface area contributed by atoms with Gasteiger partial charge in [-0.05, 0) is 18.2 Å². The number of hydrogen-bond acceptors (Lipinski definition) is 4. The smallest absolute Gasteiger partial charge is 0.410 e. The van der Waals surface area contributed by atoms with E-state index in [0.29, 0.717) is 23.6 Å². The number of aliphatic imine (C=N–C) groups is 1. The molecule has 1 amide bonds. The van der Waals surface area contributed by atoms with E-state index in [1.807, 2.05) is 67.6 Å². The average Bonchev–Trinajstić information content (AvgIpc) is 2.79. The van der Waals surface area contributed by atoms with Gasteiger partial charge in [-0.25, -0.2) is 14.7 Å². The predicted molar refractivity (Wildman–Crippen MR) is 112 cm³/mol. The van der Waals surface area contributed by atoms with Gasteiger partial charge in [0, 0.05) is 17.5 Å². The molecule has 1 heterocycles. The molecule has 0 bridgehead atoms. The van der Waals surface area contributed by atoms with E-state index in [0.717, 1.165) is 11.1 Å². The van der Waals surface area contributed by atoms with Crippen molar-refractivity contribution < 1.29 is 9.53 Å². The van der Waals surface area contributed by atoms with Gasteiger partial charge in [0.15, 0.2) is 0 Å². The number of nitrogens with zero attached hydrogens (tertiary/aromatic N) is 3. The highest BCUT2D eigenvalue weighted by Crippen LogP contribution is 2.38. The second-order valence-electron chi connectivity index (χ2n) is 6.64. The normalized spacial score (nSPS) is 17.7. The number of benzene rings is 3. The molecular weight excluding hydrogens is 362 g/mol. The fourth-order valence-corrected chi connectivity index (χ4v) is 3.45. The zero-order chi connectivity index (χ0) is 20.3. The van der Waals surface area contributed by atoms with Crippen LogP contribution >= 0.6 is 0 Å². The highest BCUT2D eigenvalue weighted by atomic mass is 16.6. The molecule has 0 aliphatic carbocycles. The Morgan fingerprint density at radius 2 is 1.62 bits per heavy atom. The quantitative estimate of drug-likeness (QED) is 0.628. The molecule has 1 aliphatic rings. The third-order valence-electron chi connectivity index (χ3n) is 4.92. The van der Waals surface area contributed by atoms with Crippen LogP contribution in [0.1, 0.15) is 24.5 Å². The number of fused-ring (bicyclic) bond motifs is 1. The van der Waals surface area contributed by atoms with Gasteiger partial charge in [0.2, 0.25) is 5.66 Å². The van der Waals surface area contributed by atoms with Crippen molar-refractivity contribution in [1.29, 1.82) is 5.26 Å². The SMILES string of the molecule is CCC1(C#N)N=C(c2ccccc2)c2ccccc2N1C(=O)Oc1ccccc1. The molecule has 0 spiro atoms. The van der Waals surface area contributed by atoms with Crippen molar-refractivity contribution in [2.45, 2.75) is 19.0 Å². The Morgan fingerprint density at radius 1 is 1.00 bits per heavy atom. The third-order valence-corrected chi connectivity index (χ3v) is 4.92. The molecule has 4 rings (SSSR count). The van der Waals surface area contributed by atoms with E-state index in [1.54, 1.807) is 24.3 Å². The van der Waals surface area contributed by atoms with Crippen molar-refractivity contribution in [2.24, 2.45) is 4.99 Å². The Bertz CT molecular complexity index is 1100. The molecule has 0 aromatic heterocycles. The number of anilines is 1. The second-order valence-corrected chi connectivity index (χ2v) is 6.64. The number of hydrogen-bond donors (Lipinski definition) is 0. The maximum absolute atomic E-state index is 13.2. The monoisotopic (exact) mass is 381 g/mol. The molecule has 1 unspecified atom stereocenters. The van der Waals surface area contributed by atoms with Crippen LogP contribution in [0.4, 0.5) is 10.5 Å². The molecule has 0 fully saturated rings. The molecule has 142 valence electrons. The van der Waals surface area contributed by atoms with Crippen LogP contribution in [-0.4, -0.2) is 17.5 Å². The van der Waals surface area contributed by atoms with Crippen molar-refractivity contribution in [3.05, 3.63) is 96.1 Å². The molecule has 0 N–H and O–H groups in total. The maximum Gasteiger partial charge on any atom is 0.422 e. The number of amides is 1. The lowest BCUT2D eigenvalue weighted by molar-refractivity contribution is 0.201. The summed E-state index contributed by atoms with van der Waals surface area (Å²) in [6.45, 7) is 1.84. The Hall–Kier alpha value is -3.91. The zero-order valence-corrected chi connectivity index (χ0v) is 15.9. The van der Waals surface area contributed by atoms with Gasteiger partial charge < -0.3 is 4.74 Å². The van der Waals surface area contributed by atoms with Crippen LogP contribution in [0.3, 0.4) is 0 Å². The predicted octanol–water partition coefficient (Wildman–Crippen LogP) is 5.17. The van der Waals surface area contributed by atoms with Gasteiger partial charge in [0.25, 0.3) is 0 Å². The number of nitriles is 1. The van der Waals surface area contributed by atoms with Gasteiger partial charge in [0.05, 0.1) is 11.4 Å². The van der Waals surface area contributed by atoms with Crippen LogP contribution in [0.2, 0.25) is 0 Å². The molecule has 1 atom stereocenters.